The summed E-state index contributed by atoms with van der Waals surface area (Å²) in [6.45, 7) is 3.51. The largest absolute Gasteiger partial charge is 0.469 e. The standard InChI is InChI=1S/C37H65O8P/c1-3-5-7-9-11-13-15-17-18-20-21-23-25-27-29-31-36(38)43-33-35(34-44-46(40,41)42)45-37(39)32-30-28-26-24-22-19-16-14-12-10-8-6-4-2/h5,7,9,11,13,15,17-18,35H,3-4,6,8,10,12,14,16,19-34H2,1-2H3,(H2,40,41,42)/b7-5+,11-9+,15-13+,18-17+/t35-/m1/s1. The molecule has 0 amide bonds. The Balaban J connectivity index is 4.03. The maximum absolute atomic E-state index is 12.3. The molecular weight excluding hydrogens is 603 g/mol. The quantitative estimate of drug-likeness (QED) is 0.0315. The third kappa shape index (κ3) is 34.9. The molecule has 0 rings (SSSR count). The van der Waals surface area contributed by atoms with E-state index in [1.54, 1.807) is 0 Å². The van der Waals surface area contributed by atoms with Gasteiger partial charge < -0.3 is 19.3 Å². The summed E-state index contributed by atoms with van der Waals surface area (Å²) >= 11 is 0. The number of phosphoric acid groups is 1. The van der Waals surface area contributed by atoms with E-state index < -0.39 is 32.5 Å². The number of allylic oxidation sites excluding steroid dienone is 8. The zero-order valence-electron chi connectivity index (χ0n) is 29.0. The fourth-order valence-electron chi connectivity index (χ4n) is 4.79. The van der Waals surface area contributed by atoms with Crippen molar-refractivity contribution >= 4 is 19.8 Å². The number of rotatable bonds is 32. The molecule has 8 nitrogen and oxygen atoms in total. The molecule has 2 N–H and O–H groups in total. The van der Waals surface area contributed by atoms with Crippen molar-refractivity contribution < 1.29 is 37.9 Å². The molecule has 46 heavy (non-hydrogen) atoms. The molecule has 0 aromatic rings. The van der Waals surface area contributed by atoms with Crippen molar-refractivity contribution in [2.45, 2.75) is 161 Å². The number of hydrogen-bond acceptors (Lipinski definition) is 6. The predicted molar refractivity (Wildman–Crippen MR) is 188 cm³/mol. The van der Waals surface area contributed by atoms with Gasteiger partial charge in [-0.3, -0.25) is 14.1 Å². The first-order chi connectivity index (χ1) is 22.3. The van der Waals surface area contributed by atoms with Crippen LogP contribution in [0, 0.1) is 0 Å². The molecule has 0 unspecified atom stereocenters. The van der Waals surface area contributed by atoms with Crippen molar-refractivity contribution in [2.75, 3.05) is 13.2 Å². The van der Waals surface area contributed by atoms with Gasteiger partial charge in [-0.15, -0.1) is 0 Å². The van der Waals surface area contributed by atoms with Gasteiger partial charge in [0.2, 0.25) is 0 Å². The molecule has 266 valence electrons. The highest BCUT2D eigenvalue weighted by molar-refractivity contribution is 7.46. The molecular formula is C37H65O8P. The van der Waals surface area contributed by atoms with E-state index in [0.29, 0.717) is 12.8 Å². The smallest absolute Gasteiger partial charge is 0.462 e. The number of hydrogen-bond donors (Lipinski definition) is 2. The Morgan fingerprint density at radius 2 is 1.04 bits per heavy atom. The Morgan fingerprint density at radius 3 is 1.57 bits per heavy atom. The van der Waals surface area contributed by atoms with Gasteiger partial charge in [-0.2, -0.15) is 0 Å². The Bertz CT molecular complexity index is 890. The fourth-order valence-corrected chi connectivity index (χ4v) is 5.15. The number of esters is 2. The third-order valence-corrected chi connectivity index (χ3v) is 7.94. The van der Waals surface area contributed by atoms with Gasteiger partial charge in [0.05, 0.1) is 6.61 Å². The number of unbranched alkanes of at least 4 members (excludes halogenated alkanes) is 17. The summed E-state index contributed by atoms with van der Waals surface area (Å²) < 4.78 is 26.2. The molecule has 0 radical (unpaired) electrons. The van der Waals surface area contributed by atoms with Crippen LogP contribution in [0.1, 0.15) is 155 Å². The zero-order valence-corrected chi connectivity index (χ0v) is 29.9. The van der Waals surface area contributed by atoms with Gasteiger partial charge >= 0.3 is 19.8 Å². The van der Waals surface area contributed by atoms with Crippen LogP contribution in [0.25, 0.3) is 0 Å². The highest BCUT2D eigenvalue weighted by atomic mass is 31.2. The Hall–Kier alpha value is -1.99. The van der Waals surface area contributed by atoms with E-state index in [1.807, 2.05) is 30.4 Å². The number of carbonyl (C=O) groups excluding carboxylic acids is 2. The van der Waals surface area contributed by atoms with Crippen LogP contribution in [0.2, 0.25) is 0 Å². The first kappa shape index (κ1) is 44.0. The van der Waals surface area contributed by atoms with Gasteiger partial charge in [-0.25, -0.2) is 4.57 Å². The van der Waals surface area contributed by atoms with Gasteiger partial charge in [0.25, 0.3) is 0 Å². The fraction of sp³-hybridized carbons (Fsp3) is 0.730. The minimum atomic E-state index is -4.75. The lowest BCUT2D eigenvalue weighted by Gasteiger charge is -2.18. The van der Waals surface area contributed by atoms with Crippen molar-refractivity contribution in [3.63, 3.8) is 0 Å². The molecule has 0 heterocycles. The van der Waals surface area contributed by atoms with E-state index in [2.05, 4.69) is 36.6 Å². The molecule has 0 aromatic heterocycles. The molecule has 0 spiro atoms. The number of carbonyl (C=O) groups is 2. The van der Waals surface area contributed by atoms with Gasteiger partial charge in [0, 0.05) is 12.8 Å². The van der Waals surface area contributed by atoms with Crippen LogP contribution in [-0.4, -0.2) is 41.0 Å². The number of phosphoric ester groups is 1. The summed E-state index contributed by atoms with van der Waals surface area (Å²) in [5.74, 6) is -0.913. The minimum Gasteiger partial charge on any atom is -0.462 e. The van der Waals surface area contributed by atoms with Crippen molar-refractivity contribution in [2.24, 2.45) is 0 Å². The highest BCUT2D eigenvalue weighted by Gasteiger charge is 2.22. The molecule has 0 bridgehead atoms. The molecule has 0 saturated carbocycles. The van der Waals surface area contributed by atoms with Gasteiger partial charge in [-0.1, -0.05) is 159 Å². The molecule has 0 aliphatic carbocycles. The maximum atomic E-state index is 12.3. The summed E-state index contributed by atoms with van der Waals surface area (Å²) in [4.78, 5) is 42.6. The topological polar surface area (TPSA) is 119 Å². The van der Waals surface area contributed by atoms with E-state index in [4.69, 9.17) is 19.3 Å². The van der Waals surface area contributed by atoms with E-state index >= 15 is 0 Å². The summed E-state index contributed by atoms with van der Waals surface area (Å²) in [6.07, 6.45) is 38.3. The average Bonchev–Trinajstić information content (AvgIpc) is 3.02. The van der Waals surface area contributed by atoms with Crippen LogP contribution in [0.15, 0.2) is 48.6 Å². The maximum Gasteiger partial charge on any atom is 0.469 e. The second-order valence-corrected chi connectivity index (χ2v) is 13.2. The van der Waals surface area contributed by atoms with Crippen LogP contribution in [0.4, 0.5) is 0 Å². The van der Waals surface area contributed by atoms with Crippen molar-refractivity contribution in [1.29, 1.82) is 0 Å². The normalized spacial score (nSPS) is 13.0. The first-order valence-corrected chi connectivity index (χ1v) is 19.5. The second-order valence-electron chi connectivity index (χ2n) is 11.9. The van der Waals surface area contributed by atoms with Crippen LogP contribution in [0.5, 0.6) is 0 Å². The van der Waals surface area contributed by atoms with Crippen LogP contribution < -0.4 is 0 Å². The lowest BCUT2D eigenvalue weighted by Crippen LogP contribution is -2.29. The molecule has 0 fully saturated rings. The highest BCUT2D eigenvalue weighted by Crippen LogP contribution is 2.36. The van der Waals surface area contributed by atoms with Crippen molar-refractivity contribution in [1.82, 2.24) is 0 Å². The van der Waals surface area contributed by atoms with Crippen molar-refractivity contribution in [3.8, 4) is 0 Å². The lowest BCUT2D eigenvalue weighted by molar-refractivity contribution is -0.161. The predicted octanol–water partition coefficient (Wildman–Crippen LogP) is 10.4. The van der Waals surface area contributed by atoms with Crippen LogP contribution in [0.3, 0.4) is 0 Å². The summed E-state index contributed by atoms with van der Waals surface area (Å²) in [6, 6.07) is 0. The average molecular weight is 669 g/mol. The van der Waals surface area contributed by atoms with E-state index in [1.165, 1.54) is 57.8 Å². The van der Waals surface area contributed by atoms with Crippen LogP contribution >= 0.6 is 7.82 Å². The molecule has 9 heteroatoms. The zero-order chi connectivity index (χ0) is 34.0. The van der Waals surface area contributed by atoms with Gasteiger partial charge in [0.15, 0.2) is 6.10 Å². The Kier molecular flexibility index (Phi) is 31.5. The first-order valence-electron chi connectivity index (χ1n) is 18.0. The summed E-state index contributed by atoms with van der Waals surface area (Å²) in [7, 11) is -4.75. The second kappa shape index (κ2) is 32.9. The monoisotopic (exact) mass is 668 g/mol. The van der Waals surface area contributed by atoms with Gasteiger partial charge in [0.1, 0.15) is 6.61 Å². The lowest BCUT2D eigenvalue weighted by atomic mass is 10.0. The third-order valence-electron chi connectivity index (χ3n) is 7.46. The minimum absolute atomic E-state index is 0.207. The SMILES string of the molecule is CC/C=C/C=C/C=C/C=C/CCCCCCCC(=O)OC[C@H](COP(=O)(O)O)OC(=O)CCCCCCCCCCCCCCC. The van der Waals surface area contributed by atoms with Gasteiger partial charge in [-0.05, 0) is 32.1 Å². The van der Waals surface area contributed by atoms with Crippen LogP contribution in [-0.2, 0) is 28.2 Å². The molecule has 0 aliphatic heterocycles. The van der Waals surface area contributed by atoms with Crippen molar-refractivity contribution in [3.05, 3.63) is 48.6 Å². The molecule has 0 saturated heterocycles. The molecule has 0 aliphatic rings. The molecule has 0 aromatic carbocycles. The Labute approximate surface area is 280 Å². The molecule has 1 atom stereocenters. The van der Waals surface area contributed by atoms with E-state index in [9.17, 15) is 14.2 Å². The number of ether oxygens (including phenoxy) is 2. The van der Waals surface area contributed by atoms with E-state index in [-0.39, 0.29) is 19.4 Å². The summed E-state index contributed by atoms with van der Waals surface area (Å²) in [5.41, 5.74) is 0. The van der Waals surface area contributed by atoms with E-state index in [0.717, 1.165) is 57.8 Å². The Morgan fingerprint density at radius 1 is 0.587 bits per heavy atom. The summed E-state index contributed by atoms with van der Waals surface area (Å²) in [5, 5.41) is 0.